The van der Waals surface area contributed by atoms with Crippen LogP contribution < -0.4 is 4.90 Å². The van der Waals surface area contributed by atoms with E-state index < -0.39 is 0 Å². The van der Waals surface area contributed by atoms with Gasteiger partial charge in [-0.15, -0.1) is 22.7 Å². The average molecular weight is 700 g/mol. The molecule has 8 aromatic carbocycles. The highest BCUT2D eigenvalue weighted by molar-refractivity contribution is 7.27. The van der Waals surface area contributed by atoms with E-state index in [-0.39, 0.29) is 0 Å². The zero-order valence-corrected chi connectivity index (χ0v) is 29.5. The summed E-state index contributed by atoms with van der Waals surface area (Å²) in [5.41, 5.74) is 9.99. The molecule has 0 fully saturated rings. The smallest absolute Gasteiger partial charge is 0.136 e. The van der Waals surface area contributed by atoms with Gasteiger partial charge in [0.15, 0.2) is 0 Å². The highest BCUT2D eigenvalue weighted by atomic mass is 32.1. The van der Waals surface area contributed by atoms with Crippen LogP contribution in [-0.4, -0.2) is 0 Å². The Morgan fingerprint density at radius 2 is 0.981 bits per heavy atom. The third-order valence-electron chi connectivity index (χ3n) is 10.3. The van der Waals surface area contributed by atoms with Crippen LogP contribution in [0.5, 0.6) is 0 Å². The maximum absolute atomic E-state index is 6.51. The van der Waals surface area contributed by atoms with E-state index in [1.807, 2.05) is 22.7 Å². The first kappa shape index (κ1) is 29.5. The Morgan fingerprint density at radius 1 is 0.365 bits per heavy atom. The fourth-order valence-electron chi connectivity index (χ4n) is 7.92. The first-order valence-corrected chi connectivity index (χ1v) is 19.1. The molecule has 0 aliphatic carbocycles. The van der Waals surface area contributed by atoms with Gasteiger partial charge < -0.3 is 9.32 Å². The summed E-state index contributed by atoms with van der Waals surface area (Å²) in [5, 5.41) is 7.51. The first-order chi connectivity index (χ1) is 25.8. The molecule has 4 heteroatoms. The standard InChI is InChI=1S/C48H29NOS2/c1-2-10-30(11-3-1)31-20-24-33(25-21-31)49(39-15-9-19-44-45(39)38-13-5-7-18-43(38)51-44)34-26-22-32(23-27-34)35-14-8-16-40-46(35)47-41(50-40)29-28-37-36-12-4-6-17-42(36)52-48(37)47/h1-29H. The highest BCUT2D eigenvalue weighted by Gasteiger charge is 2.21. The Hall–Kier alpha value is -6.20. The molecule has 244 valence electrons. The van der Waals surface area contributed by atoms with E-state index in [1.165, 1.54) is 73.5 Å². The summed E-state index contributed by atoms with van der Waals surface area (Å²) in [4.78, 5) is 2.41. The molecular formula is C48H29NOS2. The number of hydrogen-bond donors (Lipinski definition) is 0. The van der Waals surface area contributed by atoms with Crippen molar-refractivity contribution in [1.29, 1.82) is 0 Å². The van der Waals surface area contributed by atoms with Gasteiger partial charge in [-0.1, -0.05) is 109 Å². The van der Waals surface area contributed by atoms with Crippen LogP contribution >= 0.6 is 22.7 Å². The van der Waals surface area contributed by atoms with Crippen LogP contribution in [0.1, 0.15) is 0 Å². The van der Waals surface area contributed by atoms with Crippen LogP contribution in [0.25, 0.3) is 84.5 Å². The lowest BCUT2D eigenvalue weighted by Crippen LogP contribution is -2.10. The van der Waals surface area contributed by atoms with Gasteiger partial charge in [0.05, 0.1) is 5.69 Å². The van der Waals surface area contributed by atoms with Gasteiger partial charge in [-0.05, 0) is 89.0 Å². The zero-order valence-electron chi connectivity index (χ0n) is 27.9. The highest BCUT2D eigenvalue weighted by Crippen LogP contribution is 2.47. The van der Waals surface area contributed by atoms with Gasteiger partial charge in [0.25, 0.3) is 0 Å². The third-order valence-corrected chi connectivity index (χ3v) is 12.6. The molecule has 52 heavy (non-hydrogen) atoms. The topological polar surface area (TPSA) is 16.4 Å². The van der Waals surface area contributed by atoms with Crippen molar-refractivity contribution in [1.82, 2.24) is 0 Å². The van der Waals surface area contributed by atoms with Crippen LogP contribution in [0.2, 0.25) is 0 Å². The summed E-state index contributed by atoms with van der Waals surface area (Å²) < 4.78 is 11.7. The minimum atomic E-state index is 0.915. The fraction of sp³-hybridized carbons (Fsp3) is 0. The van der Waals surface area contributed by atoms with E-state index in [4.69, 9.17) is 4.42 Å². The number of thiophene rings is 2. The summed E-state index contributed by atoms with van der Waals surface area (Å²) >= 11 is 3.71. The number of fused-ring (bicyclic) bond motifs is 10. The van der Waals surface area contributed by atoms with Gasteiger partial charge in [-0.2, -0.15) is 0 Å². The molecule has 0 saturated heterocycles. The van der Waals surface area contributed by atoms with E-state index >= 15 is 0 Å². The van der Waals surface area contributed by atoms with Crippen LogP contribution in [-0.2, 0) is 0 Å². The molecule has 0 aliphatic rings. The lowest BCUT2D eigenvalue weighted by atomic mass is 9.98. The fourth-order valence-corrected chi connectivity index (χ4v) is 10.3. The third kappa shape index (κ3) is 4.55. The Kier molecular flexibility index (Phi) is 6.63. The largest absolute Gasteiger partial charge is 0.456 e. The van der Waals surface area contributed by atoms with Crippen molar-refractivity contribution in [3.05, 3.63) is 176 Å². The van der Waals surface area contributed by atoms with Gasteiger partial charge in [-0.25, -0.2) is 0 Å². The second-order valence-electron chi connectivity index (χ2n) is 13.2. The van der Waals surface area contributed by atoms with Crippen molar-refractivity contribution < 1.29 is 4.42 Å². The molecule has 0 spiro atoms. The van der Waals surface area contributed by atoms with Gasteiger partial charge in [-0.3, -0.25) is 0 Å². The number of hydrogen-bond acceptors (Lipinski definition) is 4. The minimum absolute atomic E-state index is 0.915. The van der Waals surface area contributed by atoms with Crippen LogP contribution in [0.3, 0.4) is 0 Å². The number of anilines is 3. The molecule has 0 N–H and O–H groups in total. The molecule has 3 heterocycles. The lowest BCUT2D eigenvalue weighted by Gasteiger charge is -2.27. The van der Waals surface area contributed by atoms with Crippen molar-refractivity contribution in [2.75, 3.05) is 4.90 Å². The minimum Gasteiger partial charge on any atom is -0.456 e. The summed E-state index contributed by atoms with van der Waals surface area (Å²) in [6, 6.07) is 63.5. The lowest BCUT2D eigenvalue weighted by molar-refractivity contribution is 0.669. The van der Waals surface area contributed by atoms with Crippen molar-refractivity contribution in [3.63, 3.8) is 0 Å². The summed E-state index contributed by atoms with van der Waals surface area (Å²) in [7, 11) is 0. The zero-order chi connectivity index (χ0) is 34.2. The van der Waals surface area contributed by atoms with E-state index in [1.54, 1.807) is 0 Å². The molecule has 0 radical (unpaired) electrons. The predicted octanol–water partition coefficient (Wildman–Crippen LogP) is 15.1. The molecular weight excluding hydrogens is 671 g/mol. The Morgan fingerprint density at radius 3 is 1.77 bits per heavy atom. The molecule has 3 aromatic heterocycles. The molecule has 0 saturated carbocycles. The monoisotopic (exact) mass is 699 g/mol. The number of furan rings is 1. The normalized spacial score (nSPS) is 11.8. The van der Waals surface area contributed by atoms with E-state index in [9.17, 15) is 0 Å². The second-order valence-corrected chi connectivity index (χ2v) is 15.4. The maximum Gasteiger partial charge on any atom is 0.136 e. The van der Waals surface area contributed by atoms with Crippen LogP contribution in [0.15, 0.2) is 180 Å². The predicted molar refractivity (Wildman–Crippen MR) is 225 cm³/mol. The average Bonchev–Trinajstić information content (AvgIpc) is 3.90. The molecule has 0 aliphatic heterocycles. The molecule has 0 bridgehead atoms. The summed E-state index contributed by atoms with van der Waals surface area (Å²) in [6.07, 6.45) is 0. The summed E-state index contributed by atoms with van der Waals surface area (Å²) in [5.74, 6) is 0. The number of benzene rings is 8. The Balaban J connectivity index is 1.09. The van der Waals surface area contributed by atoms with Crippen molar-refractivity contribution in [2.45, 2.75) is 0 Å². The molecule has 0 amide bonds. The quantitative estimate of drug-likeness (QED) is 0.178. The van der Waals surface area contributed by atoms with E-state index in [0.717, 1.165) is 28.1 Å². The second kappa shape index (κ2) is 11.7. The van der Waals surface area contributed by atoms with Gasteiger partial charge in [0.1, 0.15) is 11.2 Å². The molecule has 11 aromatic rings. The maximum atomic E-state index is 6.51. The van der Waals surface area contributed by atoms with Crippen LogP contribution in [0.4, 0.5) is 17.1 Å². The van der Waals surface area contributed by atoms with E-state index in [0.29, 0.717) is 0 Å². The number of rotatable bonds is 5. The van der Waals surface area contributed by atoms with Gasteiger partial charge in [0, 0.05) is 62.5 Å². The summed E-state index contributed by atoms with van der Waals surface area (Å²) in [6.45, 7) is 0. The van der Waals surface area contributed by atoms with Crippen molar-refractivity contribution >= 4 is 102 Å². The van der Waals surface area contributed by atoms with E-state index in [2.05, 4.69) is 181 Å². The molecule has 11 rings (SSSR count). The number of nitrogens with zero attached hydrogens (tertiary/aromatic N) is 1. The van der Waals surface area contributed by atoms with Crippen molar-refractivity contribution in [3.8, 4) is 22.3 Å². The van der Waals surface area contributed by atoms with Crippen molar-refractivity contribution in [2.24, 2.45) is 0 Å². The molecule has 0 atom stereocenters. The molecule has 0 unspecified atom stereocenters. The first-order valence-electron chi connectivity index (χ1n) is 17.5. The Labute approximate surface area is 308 Å². The van der Waals surface area contributed by atoms with Gasteiger partial charge in [0.2, 0.25) is 0 Å². The SMILES string of the molecule is c1ccc(-c2ccc(N(c3ccc(-c4cccc5oc6ccc7c8ccccc8sc7c6c45)cc3)c3cccc4sc5ccccc5c34)cc2)cc1. The molecule has 2 nitrogen and oxygen atoms in total. The van der Waals surface area contributed by atoms with Gasteiger partial charge >= 0.3 is 0 Å². The van der Waals surface area contributed by atoms with Crippen LogP contribution in [0, 0.1) is 0 Å². The Bertz CT molecular complexity index is 3110.